The van der Waals surface area contributed by atoms with Crippen LogP contribution in [0.15, 0.2) is 12.5 Å². The van der Waals surface area contributed by atoms with Gasteiger partial charge in [0.2, 0.25) is 0 Å². The Hall–Kier alpha value is -2.91. The summed E-state index contributed by atoms with van der Waals surface area (Å²) in [5.41, 5.74) is 1.07. The van der Waals surface area contributed by atoms with Crippen LogP contribution in [0, 0.1) is 0 Å². The van der Waals surface area contributed by atoms with E-state index in [-0.39, 0.29) is 12.5 Å². The molecule has 0 atom stereocenters. The van der Waals surface area contributed by atoms with Crippen molar-refractivity contribution in [2.24, 2.45) is 0 Å². The number of hydrogen-bond acceptors (Lipinski definition) is 8. The van der Waals surface area contributed by atoms with E-state index in [1.54, 1.807) is 9.20 Å². The first-order valence-corrected chi connectivity index (χ1v) is 8.22. The molecule has 0 unspecified atom stereocenters. The lowest BCUT2D eigenvalue weighted by Gasteiger charge is -2.13. The van der Waals surface area contributed by atoms with Crippen molar-refractivity contribution in [1.29, 1.82) is 0 Å². The summed E-state index contributed by atoms with van der Waals surface area (Å²) < 4.78 is 8.62. The molecule has 10 nitrogen and oxygen atoms in total. The maximum Gasteiger partial charge on any atom is 0.342 e. The summed E-state index contributed by atoms with van der Waals surface area (Å²) in [5, 5.41) is 15.6. The fourth-order valence-corrected chi connectivity index (χ4v) is 2.52. The van der Waals surface area contributed by atoms with Crippen LogP contribution in [0.3, 0.4) is 0 Å². The van der Waals surface area contributed by atoms with Crippen LogP contribution >= 0.6 is 0 Å². The largest absolute Gasteiger partial charge is 0.454 e. The van der Waals surface area contributed by atoms with E-state index in [1.807, 2.05) is 13.8 Å². The fourth-order valence-electron chi connectivity index (χ4n) is 2.52. The highest BCUT2D eigenvalue weighted by Gasteiger charge is 2.21. The van der Waals surface area contributed by atoms with E-state index in [1.165, 1.54) is 12.5 Å². The minimum atomic E-state index is -0.487. The first kappa shape index (κ1) is 16.9. The number of esters is 1. The minimum Gasteiger partial charge on any atom is -0.454 e. The Morgan fingerprint density at radius 3 is 2.92 bits per heavy atom. The number of hydrogen-bond donors (Lipinski definition) is 0. The van der Waals surface area contributed by atoms with Crippen molar-refractivity contribution in [1.82, 2.24) is 39.8 Å². The van der Waals surface area contributed by atoms with Crippen molar-refractivity contribution in [2.75, 3.05) is 0 Å². The summed E-state index contributed by atoms with van der Waals surface area (Å²) in [6, 6.07) is 0. The highest BCUT2D eigenvalue weighted by molar-refractivity contribution is 5.90. The quantitative estimate of drug-likeness (QED) is 0.591. The summed E-state index contributed by atoms with van der Waals surface area (Å²) in [7, 11) is 0. The van der Waals surface area contributed by atoms with Gasteiger partial charge in [0.05, 0.1) is 11.3 Å². The number of nitrogens with zero attached hydrogens (tertiary/aromatic N) is 8. The summed E-state index contributed by atoms with van der Waals surface area (Å²) in [6.07, 6.45) is 4.86. The average Bonchev–Trinajstić information content (AvgIpc) is 3.25. The van der Waals surface area contributed by atoms with Crippen LogP contribution in [0.1, 0.15) is 61.4 Å². The molecular formula is C15H20N8O2. The molecule has 10 heteroatoms. The number of unbranched alkanes of at least 4 members (excludes halogenated alkanes) is 1. The molecule has 0 saturated heterocycles. The fraction of sp³-hybridized carbons (Fsp3) is 0.533. The lowest BCUT2D eigenvalue weighted by Crippen LogP contribution is -2.16. The summed E-state index contributed by atoms with van der Waals surface area (Å²) in [5.74, 6) is 0.523. The molecule has 3 heterocycles. The van der Waals surface area contributed by atoms with E-state index in [0.29, 0.717) is 29.4 Å². The Kier molecular flexibility index (Phi) is 4.96. The van der Waals surface area contributed by atoms with Gasteiger partial charge in [-0.2, -0.15) is 10.1 Å². The highest BCUT2D eigenvalue weighted by Crippen LogP contribution is 2.20. The zero-order valence-electron chi connectivity index (χ0n) is 14.5. The first-order valence-electron chi connectivity index (χ1n) is 8.22. The molecule has 3 aromatic rings. The van der Waals surface area contributed by atoms with Gasteiger partial charge in [-0.05, 0) is 22.8 Å². The molecule has 0 amide bonds. The molecule has 0 fully saturated rings. The van der Waals surface area contributed by atoms with Crippen LogP contribution in [0.5, 0.6) is 0 Å². The van der Waals surface area contributed by atoms with Crippen molar-refractivity contribution in [3.63, 3.8) is 0 Å². The maximum atomic E-state index is 12.6. The smallest absolute Gasteiger partial charge is 0.342 e. The number of fused-ring (bicyclic) bond motifs is 1. The zero-order chi connectivity index (χ0) is 17.8. The number of aromatic nitrogens is 8. The standard InChI is InChI=1S/C15H20N8O2/c1-4-5-6-22-12(19-20-21-22)8-25-14(24)11-7-16-15-17-9-18-23(15)13(11)10(2)3/h7,9-10H,4-6,8H2,1-3H3. The van der Waals surface area contributed by atoms with Gasteiger partial charge in [-0.25, -0.2) is 19.0 Å². The highest BCUT2D eigenvalue weighted by atomic mass is 16.5. The molecule has 0 aromatic carbocycles. The molecule has 0 N–H and O–H groups in total. The van der Waals surface area contributed by atoms with Crippen molar-refractivity contribution >= 4 is 11.7 Å². The van der Waals surface area contributed by atoms with E-state index < -0.39 is 5.97 Å². The Bertz CT molecular complexity index is 869. The van der Waals surface area contributed by atoms with Gasteiger partial charge >= 0.3 is 5.97 Å². The molecule has 25 heavy (non-hydrogen) atoms. The molecule has 0 aliphatic carbocycles. The number of carbonyl (C=O) groups excluding carboxylic acids is 1. The van der Waals surface area contributed by atoms with Crippen molar-refractivity contribution in [2.45, 2.75) is 52.7 Å². The van der Waals surface area contributed by atoms with Gasteiger partial charge in [-0.15, -0.1) is 5.10 Å². The third kappa shape index (κ3) is 3.47. The van der Waals surface area contributed by atoms with Crippen molar-refractivity contribution in [3.05, 3.63) is 29.6 Å². The third-order valence-electron chi connectivity index (χ3n) is 3.77. The van der Waals surface area contributed by atoms with Gasteiger partial charge in [-0.1, -0.05) is 27.2 Å². The summed E-state index contributed by atoms with van der Waals surface area (Å²) >= 11 is 0. The van der Waals surface area contributed by atoms with Gasteiger partial charge in [-0.3, -0.25) is 0 Å². The molecule has 0 aliphatic rings. The lowest BCUT2D eigenvalue weighted by atomic mass is 10.1. The molecular weight excluding hydrogens is 324 g/mol. The zero-order valence-corrected chi connectivity index (χ0v) is 14.5. The van der Waals surface area contributed by atoms with Gasteiger partial charge in [0.25, 0.3) is 5.78 Å². The van der Waals surface area contributed by atoms with Gasteiger partial charge in [0.15, 0.2) is 12.4 Å². The van der Waals surface area contributed by atoms with Gasteiger partial charge in [0.1, 0.15) is 6.33 Å². The SMILES string of the molecule is CCCCn1nnnc1COC(=O)c1cnc2ncnn2c1C(C)C. The van der Waals surface area contributed by atoms with Gasteiger partial charge < -0.3 is 4.74 Å². The minimum absolute atomic E-state index is 0.00246. The second-order valence-corrected chi connectivity index (χ2v) is 5.93. The second kappa shape index (κ2) is 7.32. The Labute approximate surface area is 144 Å². The van der Waals surface area contributed by atoms with Gasteiger partial charge in [0, 0.05) is 12.7 Å². The molecule has 0 aliphatic heterocycles. The summed E-state index contributed by atoms with van der Waals surface area (Å²) in [6.45, 7) is 6.73. The van der Waals surface area contributed by atoms with Crippen LogP contribution in [0.4, 0.5) is 0 Å². The van der Waals surface area contributed by atoms with Crippen molar-refractivity contribution < 1.29 is 9.53 Å². The third-order valence-corrected chi connectivity index (χ3v) is 3.77. The topological polar surface area (TPSA) is 113 Å². The van der Waals surface area contributed by atoms with E-state index in [4.69, 9.17) is 4.74 Å². The monoisotopic (exact) mass is 344 g/mol. The van der Waals surface area contributed by atoms with Crippen LogP contribution < -0.4 is 0 Å². The number of rotatable bonds is 7. The molecule has 3 rings (SSSR count). The van der Waals surface area contributed by atoms with Crippen LogP contribution in [0.25, 0.3) is 5.78 Å². The summed E-state index contributed by atoms with van der Waals surface area (Å²) in [4.78, 5) is 20.8. The predicted molar refractivity (Wildman–Crippen MR) is 86.7 cm³/mol. The second-order valence-electron chi connectivity index (χ2n) is 5.93. The lowest BCUT2D eigenvalue weighted by molar-refractivity contribution is 0.0453. The van der Waals surface area contributed by atoms with Crippen LogP contribution in [0.2, 0.25) is 0 Å². The Morgan fingerprint density at radius 2 is 2.16 bits per heavy atom. The molecule has 0 radical (unpaired) electrons. The number of aryl methyl sites for hydroxylation is 1. The molecule has 132 valence electrons. The van der Waals surface area contributed by atoms with E-state index in [0.717, 1.165) is 12.8 Å². The normalized spacial score (nSPS) is 11.4. The number of ether oxygens (including phenoxy) is 1. The molecule has 0 bridgehead atoms. The van der Waals surface area contributed by atoms with E-state index >= 15 is 0 Å². The Morgan fingerprint density at radius 1 is 1.32 bits per heavy atom. The first-order chi connectivity index (χ1) is 12.1. The van der Waals surface area contributed by atoms with Crippen molar-refractivity contribution in [3.8, 4) is 0 Å². The Balaban J connectivity index is 1.79. The number of tetrazole rings is 1. The molecule has 3 aromatic heterocycles. The van der Waals surface area contributed by atoms with E-state index in [9.17, 15) is 4.79 Å². The van der Waals surface area contributed by atoms with Crippen LogP contribution in [-0.4, -0.2) is 45.8 Å². The average molecular weight is 344 g/mol. The molecule has 0 spiro atoms. The number of carbonyl (C=O) groups is 1. The van der Waals surface area contributed by atoms with E-state index in [2.05, 4.69) is 37.5 Å². The predicted octanol–water partition coefficient (Wildman–Crippen LogP) is 1.39. The maximum absolute atomic E-state index is 12.6. The van der Waals surface area contributed by atoms with Crippen LogP contribution in [-0.2, 0) is 17.9 Å². The molecule has 0 saturated carbocycles.